The second-order valence-corrected chi connectivity index (χ2v) is 10.1. The molecule has 4 atom stereocenters. The quantitative estimate of drug-likeness (QED) is 0.338. The Balaban J connectivity index is 1.50. The van der Waals surface area contributed by atoms with Crippen LogP contribution in [-0.2, 0) is 26.3 Å². The summed E-state index contributed by atoms with van der Waals surface area (Å²) in [6, 6.07) is 3.69. The zero-order valence-corrected chi connectivity index (χ0v) is 20.0. The number of aliphatic hydroxyl groups is 1. The molecule has 0 radical (unpaired) electrons. The number of carboxylic acids is 1. The predicted molar refractivity (Wildman–Crippen MR) is 124 cm³/mol. The highest BCUT2D eigenvalue weighted by molar-refractivity contribution is 5.87. The Kier molecular flexibility index (Phi) is 6.82. The number of ketones is 1. The van der Waals surface area contributed by atoms with Crippen LogP contribution in [0.2, 0.25) is 0 Å². The second-order valence-electron chi connectivity index (χ2n) is 10.1. The van der Waals surface area contributed by atoms with Crippen LogP contribution in [0.5, 0.6) is 11.5 Å². The minimum Gasteiger partial charge on any atom is -0.485 e. The summed E-state index contributed by atoms with van der Waals surface area (Å²) < 4.78 is 12.0. The first-order valence-electron chi connectivity index (χ1n) is 11.9. The summed E-state index contributed by atoms with van der Waals surface area (Å²) >= 11 is 0. The first-order valence-corrected chi connectivity index (χ1v) is 11.9. The molecule has 1 spiro atoms. The maximum Gasteiger partial charge on any atom is 0.311 e. The molecule has 0 unspecified atom stereocenters. The van der Waals surface area contributed by atoms with Gasteiger partial charge in [-0.15, -0.1) is 0 Å². The first-order chi connectivity index (χ1) is 16.1. The molecule has 2 aliphatic heterocycles. The highest BCUT2D eigenvalue weighted by Crippen LogP contribution is 2.55. The number of hydrogen-bond donors (Lipinski definition) is 2. The molecule has 0 saturated heterocycles. The number of nitrogens with zero attached hydrogens (tertiary/aromatic N) is 1. The number of esters is 1. The number of carboxylic acid groups (broad SMARTS) is 1. The predicted octanol–water partition coefficient (Wildman–Crippen LogP) is 2.84. The van der Waals surface area contributed by atoms with Gasteiger partial charge < -0.3 is 24.6 Å². The number of aliphatic carboxylic acids is 1. The topological polar surface area (TPSA) is 113 Å². The number of aliphatic hydroxyl groups excluding tert-OH is 1. The maximum atomic E-state index is 12.6. The smallest absolute Gasteiger partial charge is 0.311 e. The molecule has 0 saturated carbocycles. The molecule has 0 aromatic heterocycles. The summed E-state index contributed by atoms with van der Waals surface area (Å²) in [6.45, 7) is 5.15. The minimum atomic E-state index is -1.00. The van der Waals surface area contributed by atoms with Crippen molar-refractivity contribution in [1.29, 1.82) is 0 Å². The monoisotopic (exact) mass is 471 g/mol. The molecule has 3 aliphatic rings. The van der Waals surface area contributed by atoms with Crippen LogP contribution in [0, 0.1) is 11.8 Å². The average Bonchev–Trinajstić information content (AvgIpc) is 3.03. The lowest BCUT2D eigenvalue weighted by atomic mass is 9.69. The number of ether oxygens (including phenoxy) is 2. The van der Waals surface area contributed by atoms with Crippen LogP contribution in [-0.4, -0.2) is 58.6 Å². The molecule has 4 rings (SSSR count). The fourth-order valence-electron chi connectivity index (χ4n) is 5.37. The number of carbonyl (C=O) groups is 3. The number of carbonyl (C=O) groups excluding carboxylic acids is 2. The van der Waals surface area contributed by atoms with Gasteiger partial charge in [0, 0.05) is 31.4 Å². The van der Waals surface area contributed by atoms with Gasteiger partial charge in [-0.3, -0.25) is 14.4 Å². The number of hydrogen-bond acceptors (Lipinski definition) is 7. The Bertz CT molecular complexity index is 1020. The van der Waals surface area contributed by atoms with Crippen LogP contribution in [0.1, 0.15) is 57.1 Å². The van der Waals surface area contributed by atoms with Crippen LogP contribution in [0.3, 0.4) is 0 Å². The fourth-order valence-corrected chi connectivity index (χ4v) is 5.37. The molecule has 0 bridgehead atoms. The van der Waals surface area contributed by atoms with Gasteiger partial charge in [-0.2, -0.15) is 0 Å². The van der Waals surface area contributed by atoms with Crippen molar-refractivity contribution in [2.75, 3.05) is 13.6 Å². The Morgan fingerprint density at radius 2 is 2.03 bits per heavy atom. The van der Waals surface area contributed by atoms with Gasteiger partial charge in [-0.05, 0) is 37.6 Å². The third-order valence-corrected chi connectivity index (χ3v) is 7.33. The molecule has 1 aliphatic carbocycles. The number of Topliss-reactive ketones (excluding diaryl/α,β-unsaturated/α-hetero) is 1. The molecule has 0 fully saturated rings. The van der Waals surface area contributed by atoms with Gasteiger partial charge in [-0.25, -0.2) is 0 Å². The van der Waals surface area contributed by atoms with Crippen molar-refractivity contribution in [3.8, 4) is 11.5 Å². The molecule has 0 amide bonds. The average molecular weight is 472 g/mol. The molecule has 8 heteroatoms. The van der Waals surface area contributed by atoms with E-state index in [9.17, 15) is 24.6 Å². The summed E-state index contributed by atoms with van der Waals surface area (Å²) in [5.41, 5.74) is 1.77. The summed E-state index contributed by atoms with van der Waals surface area (Å²) in [7, 11) is 2.07. The summed E-state index contributed by atoms with van der Waals surface area (Å²) in [5.74, 6) is -1.90. The zero-order valence-electron chi connectivity index (χ0n) is 20.0. The van der Waals surface area contributed by atoms with E-state index in [0.717, 1.165) is 30.6 Å². The highest BCUT2D eigenvalue weighted by atomic mass is 16.6. The van der Waals surface area contributed by atoms with Crippen molar-refractivity contribution in [3.63, 3.8) is 0 Å². The number of rotatable bonds is 8. The fraction of sp³-hybridized carbons (Fsp3) is 0.577. The van der Waals surface area contributed by atoms with E-state index in [1.165, 1.54) is 0 Å². The highest BCUT2D eigenvalue weighted by Gasteiger charge is 2.52. The SMILES string of the molecule is CC(C)[C@H](CC(=O)CCC(=O)Oc1ccc2c3c1O[C@H]1C[C@@H](O)C=C[C@@]31CCN(C)C2)C(=O)O. The molecule has 184 valence electrons. The van der Waals surface area contributed by atoms with Crippen LogP contribution in [0.15, 0.2) is 24.3 Å². The molecule has 1 aromatic carbocycles. The molecule has 1 aromatic rings. The van der Waals surface area contributed by atoms with Crippen molar-refractivity contribution >= 4 is 17.7 Å². The van der Waals surface area contributed by atoms with Crippen LogP contribution < -0.4 is 9.47 Å². The molecular weight excluding hydrogens is 438 g/mol. The van der Waals surface area contributed by atoms with Crippen molar-refractivity contribution in [1.82, 2.24) is 4.90 Å². The van der Waals surface area contributed by atoms with E-state index in [1.807, 2.05) is 12.1 Å². The Hall–Kier alpha value is -2.71. The summed E-state index contributed by atoms with van der Waals surface area (Å²) in [5, 5.41) is 19.5. The Morgan fingerprint density at radius 1 is 1.26 bits per heavy atom. The molecule has 34 heavy (non-hydrogen) atoms. The van der Waals surface area contributed by atoms with Gasteiger partial charge in [0.1, 0.15) is 11.9 Å². The van der Waals surface area contributed by atoms with E-state index in [4.69, 9.17) is 9.47 Å². The van der Waals surface area contributed by atoms with Gasteiger partial charge in [0.25, 0.3) is 0 Å². The summed E-state index contributed by atoms with van der Waals surface area (Å²) in [4.78, 5) is 38.5. The number of benzene rings is 1. The Labute approximate surface area is 199 Å². The summed E-state index contributed by atoms with van der Waals surface area (Å²) in [6.07, 6.45) is 4.08. The van der Waals surface area contributed by atoms with Crippen molar-refractivity contribution in [3.05, 3.63) is 35.4 Å². The van der Waals surface area contributed by atoms with E-state index in [2.05, 4.69) is 18.0 Å². The van der Waals surface area contributed by atoms with Crippen LogP contribution >= 0.6 is 0 Å². The van der Waals surface area contributed by atoms with Gasteiger partial charge in [0.2, 0.25) is 0 Å². The van der Waals surface area contributed by atoms with Gasteiger partial charge in [0.05, 0.1) is 23.9 Å². The first kappa shape index (κ1) is 24.4. The van der Waals surface area contributed by atoms with Gasteiger partial charge >= 0.3 is 11.9 Å². The molecule has 2 N–H and O–H groups in total. The van der Waals surface area contributed by atoms with Gasteiger partial charge in [-0.1, -0.05) is 32.1 Å². The van der Waals surface area contributed by atoms with E-state index < -0.39 is 24.0 Å². The van der Waals surface area contributed by atoms with E-state index in [-0.39, 0.29) is 42.5 Å². The van der Waals surface area contributed by atoms with Crippen LogP contribution in [0.4, 0.5) is 0 Å². The van der Waals surface area contributed by atoms with E-state index >= 15 is 0 Å². The third-order valence-electron chi connectivity index (χ3n) is 7.33. The molecule has 8 nitrogen and oxygen atoms in total. The van der Waals surface area contributed by atoms with Crippen molar-refractivity contribution in [2.24, 2.45) is 11.8 Å². The largest absolute Gasteiger partial charge is 0.485 e. The third kappa shape index (κ3) is 4.61. The lowest BCUT2D eigenvalue weighted by molar-refractivity contribution is -0.145. The molecular formula is C26H33NO7. The van der Waals surface area contributed by atoms with E-state index in [1.54, 1.807) is 19.9 Å². The standard InChI is InChI=1S/C26H33NO7/c1-15(2)19(25(31)32)12-17(28)5-7-22(30)33-20-6-4-16-14-27(3)11-10-26-9-8-18(29)13-21(26)34-24(20)23(16)26/h4,6,8-9,15,18-19,21,29H,5,7,10-14H2,1-3H3,(H,31,32)/t18-,19-,21-,26-/m0/s1. The van der Waals surface area contributed by atoms with Gasteiger partial charge in [0.15, 0.2) is 11.5 Å². The van der Waals surface area contributed by atoms with Crippen LogP contribution in [0.25, 0.3) is 0 Å². The molecule has 2 heterocycles. The lowest BCUT2D eigenvalue weighted by Crippen LogP contribution is -2.42. The van der Waals surface area contributed by atoms with E-state index in [0.29, 0.717) is 17.9 Å². The maximum absolute atomic E-state index is 12.6. The normalized spacial score (nSPS) is 26.3. The Morgan fingerprint density at radius 3 is 2.74 bits per heavy atom. The minimum absolute atomic E-state index is 0.0667. The lowest BCUT2D eigenvalue weighted by Gasteiger charge is -2.35. The second kappa shape index (κ2) is 9.50. The van der Waals surface area contributed by atoms with Crippen molar-refractivity contribution < 1.29 is 34.1 Å². The zero-order chi connectivity index (χ0) is 24.6. The van der Waals surface area contributed by atoms with Crippen molar-refractivity contribution in [2.45, 2.75) is 70.1 Å².